The Morgan fingerprint density at radius 2 is 1.83 bits per heavy atom. The second-order valence-electron chi connectivity index (χ2n) is 6.40. The molecule has 0 aliphatic rings. The lowest BCUT2D eigenvalue weighted by Crippen LogP contribution is -2.05. The number of hydrogen-bond acceptors (Lipinski definition) is 1. The van der Waals surface area contributed by atoms with Crippen LogP contribution in [0.25, 0.3) is 16.7 Å². The summed E-state index contributed by atoms with van der Waals surface area (Å²) in [7, 11) is 0. The molecule has 0 spiro atoms. The van der Waals surface area contributed by atoms with Crippen LogP contribution in [-0.4, -0.2) is 9.55 Å². The summed E-state index contributed by atoms with van der Waals surface area (Å²) in [5.41, 5.74) is 2.63. The van der Waals surface area contributed by atoms with Gasteiger partial charge in [-0.15, -0.1) is 0 Å². The van der Waals surface area contributed by atoms with Crippen LogP contribution in [0.4, 0.5) is 0 Å². The van der Waals surface area contributed by atoms with E-state index in [0.717, 1.165) is 5.82 Å². The van der Waals surface area contributed by atoms with Gasteiger partial charge in [0.05, 0.1) is 5.52 Å². The number of rotatable bonds is 7. The van der Waals surface area contributed by atoms with Gasteiger partial charge in [0.1, 0.15) is 5.82 Å². The first-order chi connectivity index (χ1) is 11.3. The van der Waals surface area contributed by atoms with Gasteiger partial charge in [0.25, 0.3) is 0 Å². The van der Waals surface area contributed by atoms with E-state index < -0.39 is 0 Å². The lowest BCUT2D eigenvalue weighted by atomic mass is 9.99. The molecule has 0 amide bonds. The molecule has 0 aliphatic carbocycles. The van der Waals surface area contributed by atoms with Crippen molar-refractivity contribution in [3.63, 3.8) is 0 Å². The third-order valence-corrected chi connectivity index (χ3v) is 4.61. The summed E-state index contributed by atoms with van der Waals surface area (Å²) in [5, 5.41) is 1.30. The normalized spacial score (nSPS) is 12.6. The van der Waals surface area contributed by atoms with Crippen molar-refractivity contribution >= 4 is 10.9 Å². The van der Waals surface area contributed by atoms with Crippen molar-refractivity contribution in [2.24, 2.45) is 0 Å². The molecule has 120 valence electrons. The van der Waals surface area contributed by atoms with Gasteiger partial charge in [-0.3, -0.25) is 4.57 Å². The lowest BCUT2D eigenvalue weighted by molar-refractivity contribution is 0.567. The smallest absolute Gasteiger partial charge is 0.137 e. The van der Waals surface area contributed by atoms with Gasteiger partial charge in [-0.05, 0) is 36.6 Å². The molecule has 1 aromatic carbocycles. The van der Waals surface area contributed by atoms with E-state index in [1.54, 1.807) is 0 Å². The summed E-state index contributed by atoms with van der Waals surface area (Å²) in [6.07, 6.45) is 8.39. The van der Waals surface area contributed by atoms with Gasteiger partial charge in [0.15, 0.2) is 0 Å². The van der Waals surface area contributed by atoms with Crippen LogP contribution in [0.1, 0.15) is 57.6 Å². The zero-order valence-corrected chi connectivity index (χ0v) is 14.2. The summed E-state index contributed by atoms with van der Waals surface area (Å²) in [6.45, 7) is 4.61. The van der Waals surface area contributed by atoms with Crippen LogP contribution in [0.3, 0.4) is 0 Å². The second kappa shape index (κ2) is 7.45. The number of benzene rings is 1. The summed E-state index contributed by atoms with van der Waals surface area (Å²) >= 11 is 0. The van der Waals surface area contributed by atoms with Crippen molar-refractivity contribution in [3.05, 3.63) is 60.4 Å². The van der Waals surface area contributed by atoms with Crippen molar-refractivity contribution in [2.75, 3.05) is 0 Å². The van der Waals surface area contributed by atoms with E-state index in [2.05, 4.69) is 65.9 Å². The molecule has 23 heavy (non-hydrogen) atoms. The van der Waals surface area contributed by atoms with E-state index in [0.29, 0.717) is 5.92 Å². The molecule has 0 saturated carbocycles. The summed E-state index contributed by atoms with van der Waals surface area (Å²) in [5.74, 6) is 1.56. The number of unbranched alkanes of at least 4 members (excludes halogenated alkanes) is 3. The Morgan fingerprint density at radius 3 is 2.61 bits per heavy atom. The highest BCUT2D eigenvalue weighted by atomic mass is 15.1. The molecule has 2 heterocycles. The van der Waals surface area contributed by atoms with E-state index >= 15 is 0 Å². The largest absolute Gasteiger partial charge is 0.298 e. The molecule has 0 aliphatic heterocycles. The number of hydrogen-bond donors (Lipinski definition) is 0. The molecule has 0 fully saturated rings. The number of nitrogens with zero attached hydrogens (tertiary/aromatic N) is 2. The second-order valence-corrected chi connectivity index (χ2v) is 6.40. The number of para-hydroxylation sites is 1. The maximum absolute atomic E-state index is 4.59. The van der Waals surface area contributed by atoms with Gasteiger partial charge in [0, 0.05) is 17.3 Å². The lowest BCUT2D eigenvalue weighted by Gasteiger charge is -2.16. The van der Waals surface area contributed by atoms with Crippen LogP contribution >= 0.6 is 0 Å². The zero-order chi connectivity index (χ0) is 16.1. The van der Waals surface area contributed by atoms with Crippen molar-refractivity contribution < 1.29 is 0 Å². The topological polar surface area (TPSA) is 17.8 Å². The SMILES string of the molecule is CCCCCCC(C)c1cc2ccccc2n1-c1ccccn1. The fraction of sp³-hybridized carbons (Fsp3) is 0.381. The molecule has 2 aromatic heterocycles. The summed E-state index contributed by atoms with van der Waals surface area (Å²) < 4.78 is 2.33. The molecule has 1 unspecified atom stereocenters. The highest BCUT2D eigenvalue weighted by Crippen LogP contribution is 2.31. The van der Waals surface area contributed by atoms with Gasteiger partial charge in [-0.1, -0.05) is 63.8 Å². The van der Waals surface area contributed by atoms with Crippen LogP contribution in [0, 0.1) is 0 Å². The van der Waals surface area contributed by atoms with Crippen molar-refractivity contribution in [3.8, 4) is 5.82 Å². The number of fused-ring (bicyclic) bond motifs is 1. The minimum atomic E-state index is 0.543. The van der Waals surface area contributed by atoms with Crippen LogP contribution in [0.2, 0.25) is 0 Å². The first-order valence-corrected chi connectivity index (χ1v) is 8.83. The fourth-order valence-electron chi connectivity index (χ4n) is 3.31. The van der Waals surface area contributed by atoms with Crippen LogP contribution < -0.4 is 0 Å². The Hall–Kier alpha value is -2.09. The first-order valence-electron chi connectivity index (χ1n) is 8.83. The van der Waals surface area contributed by atoms with E-state index in [-0.39, 0.29) is 0 Å². The molecular weight excluding hydrogens is 280 g/mol. The predicted molar refractivity (Wildman–Crippen MR) is 98.2 cm³/mol. The third-order valence-electron chi connectivity index (χ3n) is 4.61. The Labute approximate surface area is 139 Å². The van der Waals surface area contributed by atoms with Crippen LogP contribution in [0.15, 0.2) is 54.7 Å². The molecule has 0 radical (unpaired) electrons. The van der Waals surface area contributed by atoms with Gasteiger partial charge in [-0.25, -0.2) is 4.98 Å². The fourth-order valence-corrected chi connectivity index (χ4v) is 3.31. The van der Waals surface area contributed by atoms with E-state index in [4.69, 9.17) is 0 Å². The molecule has 1 atom stereocenters. The Morgan fingerprint density at radius 1 is 1.00 bits per heavy atom. The maximum atomic E-state index is 4.59. The molecule has 3 rings (SSSR count). The predicted octanol–water partition coefficient (Wildman–Crippen LogP) is 6.10. The zero-order valence-electron chi connectivity index (χ0n) is 14.2. The average Bonchev–Trinajstić information content (AvgIpc) is 2.99. The highest BCUT2D eigenvalue weighted by molar-refractivity contribution is 5.83. The van der Waals surface area contributed by atoms with Crippen molar-refractivity contribution in [1.82, 2.24) is 9.55 Å². The van der Waals surface area contributed by atoms with Gasteiger partial charge in [-0.2, -0.15) is 0 Å². The van der Waals surface area contributed by atoms with Crippen LogP contribution in [0.5, 0.6) is 0 Å². The maximum Gasteiger partial charge on any atom is 0.137 e. The number of aromatic nitrogens is 2. The molecule has 0 N–H and O–H groups in total. The molecule has 3 aromatic rings. The van der Waals surface area contributed by atoms with Crippen LogP contribution in [-0.2, 0) is 0 Å². The van der Waals surface area contributed by atoms with E-state index in [1.165, 1.54) is 48.7 Å². The van der Waals surface area contributed by atoms with E-state index in [1.807, 2.05) is 12.3 Å². The molecule has 0 saturated heterocycles. The Balaban J connectivity index is 1.96. The van der Waals surface area contributed by atoms with Gasteiger partial charge >= 0.3 is 0 Å². The highest BCUT2D eigenvalue weighted by Gasteiger charge is 2.16. The monoisotopic (exact) mass is 306 g/mol. The molecule has 2 heteroatoms. The molecule has 2 nitrogen and oxygen atoms in total. The minimum absolute atomic E-state index is 0.543. The summed E-state index contributed by atoms with van der Waals surface area (Å²) in [4.78, 5) is 4.59. The first kappa shape index (κ1) is 15.8. The van der Waals surface area contributed by atoms with E-state index in [9.17, 15) is 0 Å². The molecular formula is C21H26N2. The quantitative estimate of drug-likeness (QED) is 0.482. The Bertz CT molecular complexity index is 743. The summed E-state index contributed by atoms with van der Waals surface area (Å²) in [6, 6.07) is 17.1. The third kappa shape index (κ3) is 3.47. The molecule has 0 bridgehead atoms. The minimum Gasteiger partial charge on any atom is -0.298 e. The standard InChI is InChI=1S/C21H26N2/c1-3-4-5-6-11-17(2)20-16-18-12-7-8-13-19(18)23(20)21-14-9-10-15-22-21/h7-10,12-17H,3-6,11H2,1-2H3. The average molecular weight is 306 g/mol. The Kier molecular flexibility index (Phi) is 5.12. The van der Waals surface area contributed by atoms with Crippen molar-refractivity contribution in [1.29, 1.82) is 0 Å². The van der Waals surface area contributed by atoms with Crippen molar-refractivity contribution in [2.45, 2.75) is 51.9 Å². The van der Waals surface area contributed by atoms with Gasteiger partial charge in [0.2, 0.25) is 0 Å². The number of pyridine rings is 1. The van der Waals surface area contributed by atoms with Gasteiger partial charge < -0.3 is 0 Å².